The van der Waals surface area contributed by atoms with Crippen molar-refractivity contribution < 1.29 is 0 Å². The maximum Gasteiger partial charge on any atom is 0.185 e. The lowest BCUT2D eigenvalue weighted by Crippen LogP contribution is -2.47. The predicted molar refractivity (Wildman–Crippen MR) is 102 cm³/mol. The van der Waals surface area contributed by atoms with E-state index in [0.29, 0.717) is 0 Å². The molecule has 0 saturated carbocycles. The Balaban J connectivity index is 1.32. The lowest BCUT2D eigenvalue weighted by molar-refractivity contribution is 0.642. The average Bonchev–Trinajstić information content (AvgIpc) is 3.38. The maximum atomic E-state index is 4.86. The molecular formula is C18H21N7S. The van der Waals surface area contributed by atoms with Crippen LogP contribution in [0.25, 0.3) is 5.82 Å². The van der Waals surface area contributed by atoms with Crippen LogP contribution in [0.4, 0.5) is 10.9 Å². The van der Waals surface area contributed by atoms with Crippen molar-refractivity contribution in [1.82, 2.24) is 24.7 Å². The van der Waals surface area contributed by atoms with E-state index < -0.39 is 0 Å². The Kier molecular flexibility index (Phi) is 3.85. The Morgan fingerprint density at radius 3 is 2.54 bits per heavy atom. The Hall–Kier alpha value is -2.48. The lowest BCUT2D eigenvalue weighted by Gasteiger charge is -2.35. The molecule has 0 aromatic carbocycles. The summed E-state index contributed by atoms with van der Waals surface area (Å²) in [6.45, 7) is 5.78. The minimum Gasteiger partial charge on any atom is -0.353 e. The molecular weight excluding hydrogens is 346 g/mol. The van der Waals surface area contributed by atoms with Crippen molar-refractivity contribution in [2.24, 2.45) is 0 Å². The van der Waals surface area contributed by atoms with E-state index in [1.165, 1.54) is 28.5 Å². The molecule has 3 aromatic rings. The van der Waals surface area contributed by atoms with Crippen LogP contribution in [-0.2, 0) is 12.8 Å². The summed E-state index contributed by atoms with van der Waals surface area (Å²) in [5.41, 5.74) is 1.34. The van der Waals surface area contributed by atoms with E-state index in [9.17, 15) is 0 Å². The minimum atomic E-state index is 0.770. The monoisotopic (exact) mass is 367 g/mol. The summed E-state index contributed by atoms with van der Waals surface area (Å²) in [6.07, 6.45) is 7.31. The second-order valence-electron chi connectivity index (χ2n) is 6.78. The van der Waals surface area contributed by atoms with Crippen molar-refractivity contribution in [3.05, 3.63) is 40.9 Å². The molecule has 5 rings (SSSR count). The van der Waals surface area contributed by atoms with E-state index >= 15 is 0 Å². The highest BCUT2D eigenvalue weighted by Gasteiger charge is 2.24. The molecule has 1 saturated heterocycles. The smallest absolute Gasteiger partial charge is 0.185 e. The summed E-state index contributed by atoms with van der Waals surface area (Å²) in [6, 6.07) is 3.93. The number of anilines is 2. The third-order valence-corrected chi connectivity index (χ3v) is 6.23. The molecule has 0 radical (unpaired) electrons. The van der Waals surface area contributed by atoms with Crippen molar-refractivity contribution in [3.8, 4) is 5.82 Å². The first-order valence-electron chi connectivity index (χ1n) is 9.10. The number of nitrogens with zero attached hydrogens (tertiary/aromatic N) is 7. The first kappa shape index (κ1) is 15.7. The Bertz CT molecular complexity index is 888. The van der Waals surface area contributed by atoms with Crippen LogP contribution in [0, 0.1) is 6.92 Å². The van der Waals surface area contributed by atoms with Crippen molar-refractivity contribution in [2.45, 2.75) is 26.2 Å². The first-order chi connectivity index (χ1) is 12.8. The fourth-order valence-corrected chi connectivity index (χ4v) is 4.86. The van der Waals surface area contributed by atoms with Crippen LogP contribution in [0.3, 0.4) is 0 Å². The molecule has 8 heteroatoms. The molecule has 0 bridgehead atoms. The van der Waals surface area contributed by atoms with Crippen LogP contribution in [0.5, 0.6) is 0 Å². The van der Waals surface area contributed by atoms with Gasteiger partial charge in [0.1, 0.15) is 11.6 Å². The SMILES string of the molecule is Cc1nc(N2CCN(c3nc4c(s3)CCC4)CC2)cc(-n2cccn2)n1. The molecule has 2 aliphatic rings. The van der Waals surface area contributed by atoms with Gasteiger partial charge in [-0.1, -0.05) is 0 Å². The molecule has 26 heavy (non-hydrogen) atoms. The Morgan fingerprint density at radius 2 is 1.77 bits per heavy atom. The van der Waals surface area contributed by atoms with Gasteiger partial charge in [-0.2, -0.15) is 5.10 Å². The number of hydrogen-bond donors (Lipinski definition) is 0. The Morgan fingerprint density at radius 1 is 0.962 bits per heavy atom. The highest BCUT2D eigenvalue weighted by atomic mass is 32.1. The summed E-state index contributed by atoms with van der Waals surface area (Å²) in [5.74, 6) is 2.56. The van der Waals surface area contributed by atoms with Gasteiger partial charge in [0.15, 0.2) is 10.9 Å². The molecule has 134 valence electrons. The molecule has 0 N–H and O–H groups in total. The van der Waals surface area contributed by atoms with Crippen molar-refractivity contribution in [3.63, 3.8) is 0 Å². The van der Waals surface area contributed by atoms with Gasteiger partial charge in [0.2, 0.25) is 0 Å². The van der Waals surface area contributed by atoms with Crippen molar-refractivity contribution >= 4 is 22.3 Å². The second kappa shape index (κ2) is 6.35. The quantitative estimate of drug-likeness (QED) is 0.707. The number of piperazine rings is 1. The van der Waals surface area contributed by atoms with E-state index in [1.807, 2.05) is 36.6 Å². The minimum absolute atomic E-state index is 0.770. The lowest BCUT2D eigenvalue weighted by atomic mass is 10.3. The molecule has 0 amide bonds. The third kappa shape index (κ3) is 2.84. The number of aromatic nitrogens is 5. The fourth-order valence-electron chi connectivity index (χ4n) is 3.66. The second-order valence-corrected chi connectivity index (χ2v) is 7.84. The van der Waals surface area contributed by atoms with E-state index in [-0.39, 0.29) is 0 Å². The van der Waals surface area contributed by atoms with Crippen LogP contribution in [-0.4, -0.2) is 50.9 Å². The van der Waals surface area contributed by atoms with E-state index in [0.717, 1.165) is 50.1 Å². The zero-order valence-corrected chi connectivity index (χ0v) is 15.6. The summed E-state index contributed by atoms with van der Waals surface area (Å²) in [7, 11) is 0. The molecule has 0 spiro atoms. The zero-order valence-electron chi connectivity index (χ0n) is 14.8. The summed E-state index contributed by atoms with van der Waals surface area (Å²) in [5, 5.41) is 5.48. The van der Waals surface area contributed by atoms with Gasteiger partial charge in [-0.15, -0.1) is 11.3 Å². The maximum absolute atomic E-state index is 4.86. The van der Waals surface area contributed by atoms with Gasteiger partial charge in [0.25, 0.3) is 0 Å². The van der Waals surface area contributed by atoms with Crippen LogP contribution in [0.15, 0.2) is 24.5 Å². The normalized spacial score (nSPS) is 17.0. The number of hydrogen-bond acceptors (Lipinski definition) is 7. The van der Waals surface area contributed by atoms with Gasteiger partial charge in [-0.3, -0.25) is 0 Å². The molecule has 0 atom stereocenters. The first-order valence-corrected chi connectivity index (χ1v) is 9.92. The van der Waals surface area contributed by atoms with Crippen LogP contribution < -0.4 is 9.80 Å². The molecule has 7 nitrogen and oxygen atoms in total. The number of thiazole rings is 1. The largest absolute Gasteiger partial charge is 0.353 e. The van der Waals surface area contributed by atoms with Gasteiger partial charge < -0.3 is 9.80 Å². The van der Waals surface area contributed by atoms with Gasteiger partial charge in [-0.05, 0) is 32.3 Å². The van der Waals surface area contributed by atoms with Crippen molar-refractivity contribution in [2.75, 3.05) is 36.0 Å². The third-order valence-electron chi connectivity index (χ3n) is 5.01. The molecule has 1 aliphatic heterocycles. The number of rotatable bonds is 3. The van der Waals surface area contributed by atoms with Crippen LogP contribution >= 0.6 is 11.3 Å². The van der Waals surface area contributed by atoms with Gasteiger partial charge in [0, 0.05) is 49.5 Å². The van der Waals surface area contributed by atoms with E-state index in [1.54, 1.807) is 10.9 Å². The number of aryl methyl sites for hydroxylation is 3. The number of fused-ring (bicyclic) bond motifs is 1. The standard InChI is InChI=1S/C18H21N7S/c1-13-20-16(12-17(21-13)25-7-3-6-19-25)23-8-10-24(11-9-23)18-22-14-4-2-5-15(14)26-18/h3,6-7,12H,2,4-5,8-11H2,1H3. The molecule has 1 aliphatic carbocycles. The zero-order chi connectivity index (χ0) is 17.5. The fraction of sp³-hybridized carbons (Fsp3) is 0.444. The summed E-state index contributed by atoms with van der Waals surface area (Å²) in [4.78, 5) is 20.3. The van der Waals surface area contributed by atoms with Crippen molar-refractivity contribution in [1.29, 1.82) is 0 Å². The van der Waals surface area contributed by atoms with E-state index in [4.69, 9.17) is 4.98 Å². The molecule has 0 unspecified atom stereocenters. The topological polar surface area (TPSA) is 63.0 Å². The van der Waals surface area contributed by atoms with Gasteiger partial charge in [-0.25, -0.2) is 19.6 Å². The van der Waals surface area contributed by atoms with Gasteiger partial charge in [0.05, 0.1) is 5.69 Å². The molecule has 4 heterocycles. The van der Waals surface area contributed by atoms with E-state index in [2.05, 4.69) is 24.9 Å². The van der Waals surface area contributed by atoms with Crippen LogP contribution in [0.1, 0.15) is 22.8 Å². The summed E-state index contributed by atoms with van der Waals surface area (Å²) >= 11 is 1.89. The highest BCUT2D eigenvalue weighted by molar-refractivity contribution is 7.15. The summed E-state index contributed by atoms with van der Waals surface area (Å²) < 4.78 is 1.78. The molecule has 1 fully saturated rings. The Labute approximate surface area is 156 Å². The highest BCUT2D eigenvalue weighted by Crippen LogP contribution is 2.33. The van der Waals surface area contributed by atoms with Crippen LogP contribution in [0.2, 0.25) is 0 Å². The average molecular weight is 367 g/mol. The van der Waals surface area contributed by atoms with Gasteiger partial charge >= 0.3 is 0 Å². The molecule has 3 aromatic heterocycles. The predicted octanol–water partition coefficient (Wildman–Crippen LogP) is 2.24.